The number of hydrogen-bond donors (Lipinski definition) is 0. The lowest BCUT2D eigenvalue weighted by Gasteiger charge is -2.17. The standard InChI is InChI=1S/C7H10OS2/c1-7-4-6(8)5-10(7)3-2-9-7/h5H,2-4H2,1H3. The number of thioether (sulfide) groups is 1. The quantitative estimate of drug-likeness (QED) is 0.518. The van der Waals surface area contributed by atoms with Crippen molar-refractivity contribution in [3.8, 4) is 0 Å². The molecule has 0 N–H and O–H groups in total. The lowest BCUT2D eigenvalue weighted by atomic mass is 10.2. The van der Waals surface area contributed by atoms with E-state index in [0.717, 1.165) is 6.42 Å². The first kappa shape index (κ1) is 6.92. The third-order valence-corrected chi connectivity index (χ3v) is 6.90. The monoisotopic (exact) mass is 174 g/mol. The minimum absolute atomic E-state index is 0.317. The summed E-state index contributed by atoms with van der Waals surface area (Å²) in [5.41, 5.74) is 0. The smallest absolute Gasteiger partial charge is 0.163 e. The van der Waals surface area contributed by atoms with Crippen molar-refractivity contribution < 1.29 is 4.79 Å². The van der Waals surface area contributed by atoms with E-state index < -0.39 is 0 Å². The molecule has 2 heterocycles. The van der Waals surface area contributed by atoms with Crippen LogP contribution in [0.4, 0.5) is 0 Å². The average molecular weight is 174 g/mol. The SMILES string of the molecule is CC12CC(=O)C=S1CCS2. The van der Waals surface area contributed by atoms with E-state index in [0.29, 0.717) is 20.3 Å². The van der Waals surface area contributed by atoms with Crippen molar-refractivity contribution >= 4 is 33.4 Å². The summed E-state index contributed by atoms with van der Waals surface area (Å²) >= 11 is 1.98. The number of carbonyl (C=O) groups excluding carboxylic acids is 1. The number of ketones is 1. The summed E-state index contributed by atoms with van der Waals surface area (Å²) in [4.78, 5) is 11.0. The van der Waals surface area contributed by atoms with Gasteiger partial charge in [-0.05, 0) is 12.7 Å². The fourth-order valence-electron chi connectivity index (χ4n) is 1.48. The van der Waals surface area contributed by atoms with Crippen molar-refractivity contribution in [3.05, 3.63) is 0 Å². The molecule has 3 heteroatoms. The molecule has 0 aromatic heterocycles. The molecule has 2 unspecified atom stereocenters. The van der Waals surface area contributed by atoms with Gasteiger partial charge in [0.1, 0.15) is 0 Å². The van der Waals surface area contributed by atoms with Crippen LogP contribution in [0, 0.1) is 0 Å². The molecule has 0 saturated carbocycles. The van der Waals surface area contributed by atoms with Crippen LogP contribution in [0.3, 0.4) is 0 Å². The lowest BCUT2D eigenvalue weighted by molar-refractivity contribution is -0.112. The molecule has 56 valence electrons. The number of Topliss-reactive ketones (excluding diaryl/α,β-unsaturated/α-hetero) is 1. The molecule has 0 aromatic rings. The molecular formula is C7H10OS2. The molecule has 0 aromatic carbocycles. The maximum Gasteiger partial charge on any atom is 0.163 e. The van der Waals surface area contributed by atoms with Gasteiger partial charge in [0.25, 0.3) is 0 Å². The Labute approximate surface area is 67.5 Å². The number of carbonyl (C=O) groups is 1. The van der Waals surface area contributed by atoms with E-state index in [1.807, 2.05) is 17.1 Å². The van der Waals surface area contributed by atoms with Crippen molar-refractivity contribution in [1.82, 2.24) is 0 Å². The molecule has 1 saturated heterocycles. The lowest BCUT2D eigenvalue weighted by Crippen LogP contribution is -2.11. The predicted molar refractivity (Wildman–Crippen MR) is 49.0 cm³/mol. The Kier molecular flexibility index (Phi) is 1.46. The van der Waals surface area contributed by atoms with E-state index in [1.54, 1.807) is 0 Å². The van der Waals surface area contributed by atoms with Crippen LogP contribution >= 0.6 is 22.2 Å². The first-order chi connectivity index (χ1) is 4.71. The predicted octanol–water partition coefficient (Wildman–Crippen LogP) is 1.49. The van der Waals surface area contributed by atoms with Crippen LogP contribution in [0.2, 0.25) is 0 Å². The van der Waals surface area contributed by atoms with Crippen LogP contribution in [-0.4, -0.2) is 26.7 Å². The Bertz CT molecular complexity index is 222. The van der Waals surface area contributed by atoms with Gasteiger partial charge in [0.2, 0.25) is 0 Å². The first-order valence-electron chi connectivity index (χ1n) is 3.42. The van der Waals surface area contributed by atoms with E-state index in [4.69, 9.17) is 0 Å². The molecule has 0 aliphatic carbocycles. The maximum atomic E-state index is 11.0. The van der Waals surface area contributed by atoms with Crippen LogP contribution < -0.4 is 0 Å². The summed E-state index contributed by atoms with van der Waals surface area (Å²) in [6.45, 7) is 2.23. The van der Waals surface area contributed by atoms with E-state index in [-0.39, 0.29) is 0 Å². The second-order valence-electron chi connectivity index (χ2n) is 2.88. The summed E-state index contributed by atoms with van der Waals surface area (Å²) < 4.78 is 0.317. The zero-order valence-corrected chi connectivity index (χ0v) is 7.56. The van der Waals surface area contributed by atoms with Gasteiger partial charge in [0, 0.05) is 17.5 Å². The summed E-state index contributed by atoms with van der Waals surface area (Å²) in [5, 5.41) is 1.96. The Balaban J connectivity index is 2.37. The van der Waals surface area contributed by atoms with Crippen molar-refractivity contribution in [2.45, 2.75) is 17.4 Å². The molecule has 1 fully saturated rings. The molecule has 0 radical (unpaired) electrons. The van der Waals surface area contributed by atoms with Gasteiger partial charge >= 0.3 is 0 Å². The molecule has 0 spiro atoms. The topological polar surface area (TPSA) is 17.1 Å². The van der Waals surface area contributed by atoms with Crippen molar-refractivity contribution in [2.24, 2.45) is 0 Å². The van der Waals surface area contributed by atoms with Crippen LogP contribution in [0.1, 0.15) is 13.3 Å². The molecule has 10 heavy (non-hydrogen) atoms. The van der Waals surface area contributed by atoms with E-state index in [1.165, 1.54) is 11.5 Å². The van der Waals surface area contributed by atoms with E-state index in [2.05, 4.69) is 6.92 Å². The molecule has 1 nitrogen and oxygen atoms in total. The molecule has 0 amide bonds. The highest BCUT2D eigenvalue weighted by atomic mass is 32.2. The van der Waals surface area contributed by atoms with Gasteiger partial charge < -0.3 is 0 Å². The summed E-state index contributed by atoms with van der Waals surface area (Å²) in [6, 6.07) is 0. The van der Waals surface area contributed by atoms with E-state index >= 15 is 0 Å². The molecule has 2 atom stereocenters. The third-order valence-electron chi connectivity index (χ3n) is 2.03. The molecule has 2 aliphatic heterocycles. The van der Waals surface area contributed by atoms with Crippen molar-refractivity contribution in [2.75, 3.05) is 11.5 Å². The van der Waals surface area contributed by atoms with Gasteiger partial charge in [-0.1, -0.05) is 0 Å². The van der Waals surface area contributed by atoms with Crippen LogP contribution in [0.25, 0.3) is 0 Å². The number of rotatable bonds is 0. The minimum atomic E-state index is 0.317. The van der Waals surface area contributed by atoms with Gasteiger partial charge in [0.15, 0.2) is 5.78 Å². The highest BCUT2D eigenvalue weighted by molar-refractivity contribution is 8.30. The Hall–Kier alpha value is 0.240. The van der Waals surface area contributed by atoms with E-state index in [9.17, 15) is 4.79 Å². The van der Waals surface area contributed by atoms with Crippen LogP contribution in [0.5, 0.6) is 0 Å². The largest absolute Gasteiger partial charge is 0.294 e. The van der Waals surface area contributed by atoms with Gasteiger partial charge in [-0.2, -0.15) is 10.5 Å². The fourth-order valence-corrected chi connectivity index (χ4v) is 5.99. The summed E-state index contributed by atoms with van der Waals surface area (Å²) in [6.07, 6.45) is 0.792. The van der Waals surface area contributed by atoms with Gasteiger partial charge in [0.05, 0.1) is 4.08 Å². The first-order valence-corrected chi connectivity index (χ1v) is 5.86. The Morgan fingerprint density at radius 3 is 3.30 bits per heavy atom. The van der Waals surface area contributed by atoms with Crippen LogP contribution in [0.15, 0.2) is 0 Å². The molecular weight excluding hydrogens is 164 g/mol. The Morgan fingerprint density at radius 2 is 2.60 bits per heavy atom. The number of hydrogen-bond acceptors (Lipinski definition) is 2. The van der Waals surface area contributed by atoms with Crippen molar-refractivity contribution in [3.63, 3.8) is 0 Å². The Morgan fingerprint density at radius 1 is 1.80 bits per heavy atom. The van der Waals surface area contributed by atoms with Gasteiger partial charge in [-0.15, -0.1) is 11.8 Å². The second kappa shape index (κ2) is 2.11. The van der Waals surface area contributed by atoms with Gasteiger partial charge in [-0.3, -0.25) is 4.79 Å². The van der Waals surface area contributed by atoms with Gasteiger partial charge in [-0.25, -0.2) is 0 Å². The zero-order valence-electron chi connectivity index (χ0n) is 5.92. The normalized spacial score (nSPS) is 45.3. The zero-order chi connectivity index (χ0) is 7.19. The molecule has 0 bridgehead atoms. The van der Waals surface area contributed by atoms with Crippen molar-refractivity contribution in [1.29, 1.82) is 0 Å². The number of fused-ring (bicyclic) bond motifs is 1. The highest BCUT2D eigenvalue weighted by Gasteiger charge is 2.39. The minimum Gasteiger partial charge on any atom is -0.294 e. The summed E-state index contributed by atoms with van der Waals surface area (Å²) in [7, 11) is 0.325. The third kappa shape index (κ3) is 0.873. The second-order valence-corrected chi connectivity index (χ2v) is 7.14. The molecule has 2 aliphatic rings. The molecule has 2 rings (SSSR count). The van der Waals surface area contributed by atoms with Crippen LogP contribution in [-0.2, 0) is 4.79 Å². The maximum absolute atomic E-state index is 11.0. The fraction of sp³-hybridized carbons (Fsp3) is 0.714. The highest BCUT2D eigenvalue weighted by Crippen LogP contribution is 2.53. The summed E-state index contributed by atoms with van der Waals surface area (Å²) in [5.74, 6) is 2.87. The average Bonchev–Trinajstić information content (AvgIpc) is 2.20.